The van der Waals surface area contributed by atoms with E-state index in [1.807, 2.05) is 0 Å². The van der Waals surface area contributed by atoms with Gasteiger partial charge in [0.05, 0.1) is 10.8 Å². The van der Waals surface area contributed by atoms with Gasteiger partial charge in [0.15, 0.2) is 5.69 Å². The summed E-state index contributed by atoms with van der Waals surface area (Å²) in [5.41, 5.74) is 11.7. The molecule has 11 aromatic rings. The van der Waals surface area contributed by atoms with Crippen molar-refractivity contribution >= 4 is 76.2 Å². The van der Waals surface area contributed by atoms with Crippen LogP contribution >= 0.6 is 0 Å². The number of hydrogen-bond acceptors (Lipinski definition) is 1. The van der Waals surface area contributed by atoms with Gasteiger partial charge in [-0.1, -0.05) is 60.7 Å². The number of rotatable bonds is 1. The minimum Gasteiger partial charge on any atom is -0.456 e. The molecular weight excluding hydrogens is 637 g/mol. The van der Waals surface area contributed by atoms with E-state index in [0.29, 0.717) is 0 Å². The number of aryl methyl sites for hydroxylation is 2. The molecule has 3 aliphatic rings. The third-order valence-corrected chi connectivity index (χ3v) is 12.7. The monoisotopic (exact) mass is 664 g/mol. The molecule has 5 nitrogen and oxygen atoms in total. The number of pyridine rings is 2. The zero-order valence-electron chi connectivity index (χ0n) is 28.4. The van der Waals surface area contributed by atoms with Gasteiger partial charge in [0.2, 0.25) is 0 Å². The molecule has 0 aliphatic carbocycles. The number of ether oxygens (including phenoxy) is 1. The molecule has 5 heteroatoms. The van der Waals surface area contributed by atoms with Crippen LogP contribution < -0.4 is 13.9 Å². The van der Waals surface area contributed by atoms with Crippen molar-refractivity contribution in [3.63, 3.8) is 0 Å². The molecule has 7 aromatic carbocycles. The van der Waals surface area contributed by atoms with Gasteiger partial charge in [-0.3, -0.25) is 0 Å². The summed E-state index contributed by atoms with van der Waals surface area (Å²) >= 11 is 0. The normalized spacial score (nSPS) is 16.5. The van der Waals surface area contributed by atoms with E-state index in [9.17, 15) is 0 Å². The van der Waals surface area contributed by atoms with Crippen molar-refractivity contribution in [3.8, 4) is 22.8 Å². The summed E-state index contributed by atoms with van der Waals surface area (Å²) in [6, 6.07) is 42.7. The van der Waals surface area contributed by atoms with Crippen molar-refractivity contribution in [1.29, 1.82) is 0 Å². The summed E-state index contributed by atoms with van der Waals surface area (Å²) in [6.45, 7) is 4.50. The van der Waals surface area contributed by atoms with Crippen molar-refractivity contribution in [1.82, 2.24) is 8.80 Å². The second-order valence-electron chi connectivity index (χ2n) is 15.1. The van der Waals surface area contributed by atoms with E-state index in [2.05, 4.69) is 166 Å². The summed E-state index contributed by atoms with van der Waals surface area (Å²) in [5, 5.41) is 12.5. The number of nitrogens with zero attached hydrogens (tertiary/aromatic N) is 4. The maximum atomic E-state index is 7.00. The Morgan fingerprint density at radius 2 is 1.23 bits per heavy atom. The molecule has 1 atom stereocenters. The Morgan fingerprint density at radius 3 is 2.00 bits per heavy atom. The zero-order chi connectivity index (χ0) is 33.8. The van der Waals surface area contributed by atoms with Crippen LogP contribution in [0.15, 0.2) is 134 Å². The fraction of sp³-hybridized carbons (Fsp3) is 0.0638. The van der Waals surface area contributed by atoms with Crippen LogP contribution in [0.5, 0.6) is 11.5 Å². The lowest BCUT2D eigenvalue weighted by atomic mass is 9.85. The molecule has 0 radical (unpaired) electrons. The van der Waals surface area contributed by atoms with Gasteiger partial charge in [0, 0.05) is 27.1 Å². The predicted octanol–water partition coefficient (Wildman–Crippen LogP) is 10.0. The highest BCUT2D eigenvalue weighted by atomic mass is 16.5. The van der Waals surface area contributed by atoms with Crippen LogP contribution in [0, 0.1) is 13.8 Å². The van der Waals surface area contributed by atoms with Crippen LogP contribution in [-0.2, 0) is 5.66 Å². The van der Waals surface area contributed by atoms with Crippen LogP contribution in [0.4, 0.5) is 0 Å². The number of para-hydroxylation sites is 1. The van der Waals surface area contributed by atoms with Crippen molar-refractivity contribution < 1.29 is 13.9 Å². The molecule has 3 aliphatic heterocycles. The molecule has 240 valence electrons. The van der Waals surface area contributed by atoms with Gasteiger partial charge in [-0.05, 0) is 101 Å². The van der Waals surface area contributed by atoms with Crippen molar-refractivity contribution in [3.05, 3.63) is 156 Å². The Morgan fingerprint density at radius 1 is 0.558 bits per heavy atom. The quantitative estimate of drug-likeness (QED) is 0.0975. The van der Waals surface area contributed by atoms with E-state index in [-0.39, 0.29) is 0 Å². The van der Waals surface area contributed by atoms with E-state index in [1.165, 1.54) is 110 Å². The van der Waals surface area contributed by atoms with Gasteiger partial charge in [0.25, 0.3) is 11.3 Å². The second-order valence-corrected chi connectivity index (χ2v) is 15.1. The summed E-state index contributed by atoms with van der Waals surface area (Å²) < 4.78 is 17.1. The Kier molecular flexibility index (Phi) is 4.15. The summed E-state index contributed by atoms with van der Waals surface area (Å²) in [7, 11) is 0. The Bertz CT molecular complexity index is 3570. The van der Waals surface area contributed by atoms with Crippen LogP contribution in [0.1, 0.15) is 22.3 Å². The third-order valence-electron chi connectivity index (χ3n) is 12.7. The first kappa shape index (κ1) is 26.1. The van der Waals surface area contributed by atoms with Gasteiger partial charge >= 0.3 is 5.66 Å². The zero-order valence-corrected chi connectivity index (χ0v) is 28.4. The van der Waals surface area contributed by atoms with Gasteiger partial charge in [0.1, 0.15) is 52.2 Å². The lowest BCUT2D eigenvalue weighted by molar-refractivity contribution is -0.944. The molecule has 0 fully saturated rings. The van der Waals surface area contributed by atoms with Gasteiger partial charge in [-0.15, -0.1) is 0 Å². The highest BCUT2D eigenvalue weighted by Crippen LogP contribution is 2.58. The molecule has 0 amide bonds. The Labute approximate surface area is 296 Å². The fourth-order valence-electron chi connectivity index (χ4n) is 10.7. The van der Waals surface area contributed by atoms with Crippen LogP contribution in [0.3, 0.4) is 0 Å². The average Bonchev–Trinajstić information content (AvgIpc) is 3.92. The second kappa shape index (κ2) is 8.25. The smallest absolute Gasteiger partial charge is 0.315 e. The summed E-state index contributed by atoms with van der Waals surface area (Å²) in [6.07, 6.45) is 7.02. The average molecular weight is 665 g/mol. The van der Waals surface area contributed by atoms with Crippen molar-refractivity contribution in [2.45, 2.75) is 19.5 Å². The van der Waals surface area contributed by atoms with Crippen molar-refractivity contribution in [2.75, 3.05) is 0 Å². The third kappa shape index (κ3) is 2.61. The first-order chi connectivity index (χ1) is 25.6. The maximum Gasteiger partial charge on any atom is 0.315 e. The highest BCUT2D eigenvalue weighted by Gasteiger charge is 2.65. The number of benzene rings is 7. The first-order valence-electron chi connectivity index (χ1n) is 18.1. The lowest BCUT2D eigenvalue weighted by Gasteiger charge is -2.30. The number of aromatic nitrogens is 4. The fourth-order valence-corrected chi connectivity index (χ4v) is 10.7. The number of imidazole rings is 2. The molecule has 1 unspecified atom stereocenters. The standard InChI is InChI=1S/C47H28N4O/c1-25-8-7-9-26(2)40(25)37-24-50-46-42-33(34-22-29-20-27-10-3-4-11-28(27)21-30(29)23-36(34)51(37)46)15-17-39-44(42)47(50)43-38(52-39)16-14-32-31-12-5-6-13-35(31)48-18-19-49(47)45(48)41(32)43/h3-24H,1-2H3/q+2. The van der Waals surface area contributed by atoms with Crippen molar-refractivity contribution in [2.24, 2.45) is 0 Å². The van der Waals surface area contributed by atoms with Crippen LogP contribution in [-0.4, -0.2) is 8.80 Å². The molecule has 1 spiro atoms. The van der Waals surface area contributed by atoms with Gasteiger partial charge < -0.3 is 4.74 Å². The highest BCUT2D eigenvalue weighted by molar-refractivity contribution is 6.20. The van der Waals surface area contributed by atoms with E-state index < -0.39 is 5.66 Å². The summed E-state index contributed by atoms with van der Waals surface area (Å²) in [5.74, 6) is 1.85. The Hall–Kier alpha value is -6.72. The molecule has 4 aromatic heterocycles. The molecule has 14 rings (SSSR count). The van der Waals surface area contributed by atoms with Gasteiger partial charge in [-0.2, -0.15) is 17.9 Å². The number of fused-ring (bicyclic) bond motifs is 8. The maximum absolute atomic E-state index is 7.00. The first-order valence-corrected chi connectivity index (χ1v) is 18.1. The van der Waals surface area contributed by atoms with E-state index >= 15 is 0 Å². The largest absolute Gasteiger partial charge is 0.456 e. The van der Waals surface area contributed by atoms with Gasteiger partial charge in [-0.25, -0.2) is 0 Å². The minimum absolute atomic E-state index is 0.662. The minimum atomic E-state index is -0.662. The van der Waals surface area contributed by atoms with E-state index in [1.54, 1.807) is 0 Å². The molecule has 0 saturated heterocycles. The van der Waals surface area contributed by atoms with Crippen LogP contribution in [0.25, 0.3) is 87.4 Å². The van der Waals surface area contributed by atoms with E-state index in [4.69, 9.17) is 4.74 Å². The summed E-state index contributed by atoms with van der Waals surface area (Å²) in [4.78, 5) is 0. The molecule has 0 saturated carbocycles. The van der Waals surface area contributed by atoms with Crippen LogP contribution in [0.2, 0.25) is 0 Å². The molecule has 0 bridgehead atoms. The Balaban J connectivity index is 1.26. The molecule has 0 N–H and O–H groups in total. The van der Waals surface area contributed by atoms with E-state index in [0.717, 1.165) is 11.5 Å². The lowest BCUT2D eigenvalue weighted by Crippen LogP contribution is -2.71. The molecule has 52 heavy (non-hydrogen) atoms. The number of hydrogen-bond donors (Lipinski definition) is 0. The predicted molar refractivity (Wildman–Crippen MR) is 207 cm³/mol. The molecule has 7 heterocycles. The SMILES string of the molecule is Cc1cccc(C)c1-c1c[n+]2c3c4c5c(ccc4c4cc6cc7ccccc7cc6cc4n13)Oc1ccc3c4ccccc4n4cc[n+]6c4c3c1C562. The topological polar surface area (TPSA) is 25.8 Å². The molecular formula is C47H28N4O+2.